The third-order valence-corrected chi connectivity index (χ3v) is 9.06. The number of hydrogen-bond donors (Lipinski definition) is 0. The van der Waals surface area contributed by atoms with Gasteiger partial charge in [-0.2, -0.15) is 0 Å². The van der Waals surface area contributed by atoms with E-state index < -0.39 is 0 Å². The van der Waals surface area contributed by atoms with Crippen molar-refractivity contribution >= 4 is 59.8 Å². The minimum atomic E-state index is 0.827. The average Bonchev–Trinajstić information content (AvgIpc) is 3.60. The third-order valence-electron chi connectivity index (χ3n) is 8.57. The highest BCUT2D eigenvalue weighted by atomic mass is 79.9. The lowest BCUT2D eigenvalue weighted by Crippen LogP contribution is -2.00. The van der Waals surface area contributed by atoms with Crippen LogP contribution in [0.15, 0.2) is 156 Å². The molecular weight excluding hydrogens is 616 g/mol. The van der Waals surface area contributed by atoms with Crippen LogP contribution in [0.25, 0.3) is 77.8 Å². The standard InChI is InChI=1S/C40H25BrN4/c41-28-20-22-36-33(24-28)39-40(43-38(27-14-6-2-7-15-27)37(42-39)26-12-4-1-5-13-26)45(36)30-21-23-35-32(25-30)31-18-10-11-19-34(31)44(35)29-16-8-3-9-17-29/h1-25H. The maximum absolute atomic E-state index is 5.44. The summed E-state index contributed by atoms with van der Waals surface area (Å²) in [5.74, 6) is 0. The van der Waals surface area contributed by atoms with E-state index in [4.69, 9.17) is 9.97 Å². The van der Waals surface area contributed by atoms with Crippen molar-refractivity contribution in [2.24, 2.45) is 0 Å². The molecule has 6 aromatic carbocycles. The lowest BCUT2D eigenvalue weighted by molar-refractivity contribution is 1.13. The van der Waals surface area contributed by atoms with Gasteiger partial charge in [0.15, 0.2) is 5.65 Å². The topological polar surface area (TPSA) is 35.6 Å². The lowest BCUT2D eigenvalue weighted by atomic mass is 10.0. The molecule has 3 aromatic heterocycles. The van der Waals surface area contributed by atoms with E-state index in [-0.39, 0.29) is 0 Å². The molecule has 0 aliphatic heterocycles. The first-order chi connectivity index (χ1) is 22.2. The van der Waals surface area contributed by atoms with Crippen molar-refractivity contribution in [1.29, 1.82) is 0 Å². The van der Waals surface area contributed by atoms with Crippen LogP contribution < -0.4 is 0 Å². The molecule has 9 rings (SSSR count). The van der Waals surface area contributed by atoms with E-state index in [1.54, 1.807) is 0 Å². The molecule has 0 saturated carbocycles. The Morgan fingerprint density at radius 3 is 1.73 bits per heavy atom. The largest absolute Gasteiger partial charge is 0.309 e. The first kappa shape index (κ1) is 25.9. The van der Waals surface area contributed by atoms with Crippen molar-refractivity contribution in [1.82, 2.24) is 19.1 Å². The molecule has 0 unspecified atom stereocenters. The summed E-state index contributed by atoms with van der Waals surface area (Å²) >= 11 is 3.72. The quantitative estimate of drug-likeness (QED) is 0.192. The Balaban J connectivity index is 1.38. The maximum Gasteiger partial charge on any atom is 0.165 e. The van der Waals surface area contributed by atoms with E-state index in [0.29, 0.717) is 0 Å². The van der Waals surface area contributed by atoms with Crippen molar-refractivity contribution in [3.63, 3.8) is 0 Å². The van der Waals surface area contributed by atoms with Crippen LogP contribution in [-0.4, -0.2) is 19.1 Å². The first-order valence-corrected chi connectivity index (χ1v) is 15.8. The number of halogens is 1. The van der Waals surface area contributed by atoms with Crippen molar-refractivity contribution in [3.8, 4) is 33.9 Å². The van der Waals surface area contributed by atoms with Gasteiger partial charge in [0.25, 0.3) is 0 Å². The summed E-state index contributed by atoms with van der Waals surface area (Å²) in [4.78, 5) is 10.8. The predicted molar refractivity (Wildman–Crippen MR) is 189 cm³/mol. The number of aromatic nitrogens is 4. The normalized spacial score (nSPS) is 11.7. The number of fused-ring (bicyclic) bond motifs is 6. The summed E-state index contributed by atoms with van der Waals surface area (Å²) in [6.45, 7) is 0. The van der Waals surface area contributed by atoms with Crippen LogP contribution in [0.4, 0.5) is 0 Å². The molecule has 0 N–H and O–H groups in total. The fourth-order valence-electron chi connectivity index (χ4n) is 6.58. The maximum atomic E-state index is 5.44. The Morgan fingerprint density at radius 2 is 1.00 bits per heavy atom. The van der Waals surface area contributed by atoms with Crippen LogP contribution in [0.5, 0.6) is 0 Å². The van der Waals surface area contributed by atoms with Gasteiger partial charge in [0.2, 0.25) is 0 Å². The Labute approximate surface area is 268 Å². The average molecular weight is 642 g/mol. The van der Waals surface area contributed by atoms with Gasteiger partial charge < -0.3 is 4.57 Å². The predicted octanol–water partition coefficient (Wildman–Crippen LogP) is 10.8. The number of para-hydroxylation sites is 2. The van der Waals surface area contributed by atoms with Crippen molar-refractivity contribution in [3.05, 3.63) is 156 Å². The summed E-state index contributed by atoms with van der Waals surface area (Å²) in [6.07, 6.45) is 0. The molecule has 45 heavy (non-hydrogen) atoms. The van der Waals surface area contributed by atoms with Crippen LogP contribution in [0.1, 0.15) is 0 Å². The SMILES string of the molecule is Brc1ccc2c(c1)c1nc(-c3ccccc3)c(-c3ccccc3)nc1n2-c1ccc2c(c1)c1ccccc1n2-c1ccccc1. The molecule has 0 saturated heterocycles. The van der Waals surface area contributed by atoms with Crippen molar-refractivity contribution in [2.75, 3.05) is 0 Å². The zero-order valence-electron chi connectivity index (χ0n) is 24.1. The van der Waals surface area contributed by atoms with Crippen LogP contribution in [0.3, 0.4) is 0 Å². The molecule has 0 amide bonds. The minimum Gasteiger partial charge on any atom is -0.309 e. The van der Waals surface area contributed by atoms with E-state index in [2.05, 4.69) is 165 Å². The van der Waals surface area contributed by atoms with E-state index in [9.17, 15) is 0 Å². The summed E-state index contributed by atoms with van der Waals surface area (Å²) in [5, 5.41) is 3.45. The highest BCUT2D eigenvalue weighted by Gasteiger charge is 2.21. The smallest absolute Gasteiger partial charge is 0.165 e. The number of hydrogen-bond acceptors (Lipinski definition) is 2. The molecule has 212 valence electrons. The minimum absolute atomic E-state index is 0.827. The molecular formula is C40H25BrN4. The van der Waals surface area contributed by atoms with Crippen LogP contribution in [0, 0.1) is 0 Å². The van der Waals surface area contributed by atoms with Crippen LogP contribution in [0.2, 0.25) is 0 Å². The first-order valence-electron chi connectivity index (χ1n) is 15.0. The molecule has 3 heterocycles. The molecule has 0 atom stereocenters. The molecule has 4 nitrogen and oxygen atoms in total. The second-order valence-electron chi connectivity index (χ2n) is 11.2. The molecule has 0 aliphatic carbocycles. The molecule has 0 radical (unpaired) electrons. The van der Waals surface area contributed by atoms with Crippen LogP contribution in [-0.2, 0) is 0 Å². The van der Waals surface area contributed by atoms with Crippen molar-refractivity contribution < 1.29 is 0 Å². The Bertz CT molecular complexity index is 2530. The van der Waals surface area contributed by atoms with Gasteiger partial charge in [0.1, 0.15) is 5.52 Å². The van der Waals surface area contributed by atoms with E-state index in [1.165, 1.54) is 16.3 Å². The van der Waals surface area contributed by atoms with E-state index >= 15 is 0 Å². The van der Waals surface area contributed by atoms with Gasteiger partial charge in [0, 0.05) is 43.1 Å². The third kappa shape index (κ3) is 4.12. The number of benzene rings is 6. The monoisotopic (exact) mass is 640 g/mol. The van der Waals surface area contributed by atoms with Gasteiger partial charge in [-0.05, 0) is 54.6 Å². The summed E-state index contributed by atoms with van der Waals surface area (Å²) in [5.41, 5.74) is 11.1. The van der Waals surface area contributed by atoms with E-state index in [0.717, 1.165) is 65.9 Å². The highest BCUT2D eigenvalue weighted by molar-refractivity contribution is 9.10. The van der Waals surface area contributed by atoms with Gasteiger partial charge in [-0.1, -0.05) is 113 Å². The number of rotatable bonds is 4. The second kappa shape index (κ2) is 10.3. The molecule has 5 heteroatoms. The van der Waals surface area contributed by atoms with Crippen molar-refractivity contribution in [2.45, 2.75) is 0 Å². The summed E-state index contributed by atoms with van der Waals surface area (Å²) < 4.78 is 5.61. The van der Waals surface area contributed by atoms with E-state index in [1.807, 2.05) is 12.1 Å². The second-order valence-corrected chi connectivity index (χ2v) is 12.1. The fourth-order valence-corrected chi connectivity index (χ4v) is 6.94. The summed E-state index contributed by atoms with van der Waals surface area (Å²) in [7, 11) is 0. The Hall–Kier alpha value is -5.52. The Morgan fingerprint density at radius 1 is 0.422 bits per heavy atom. The lowest BCUT2D eigenvalue weighted by Gasteiger charge is -2.12. The highest BCUT2D eigenvalue weighted by Crippen LogP contribution is 2.39. The van der Waals surface area contributed by atoms with Gasteiger partial charge >= 0.3 is 0 Å². The Kier molecular flexibility index (Phi) is 5.93. The van der Waals surface area contributed by atoms with Gasteiger partial charge in [-0.15, -0.1) is 0 Å². The molecule has 0 spiro atoms. The van der Waals surface area contributed by atoms with Crippen LogP contribution >= 0.6 is 15.9 Å². The van der Waals surface area contributed by atoms with Gasteiger partial charge in [-0.3, -0.25) is 4.57 Å². The zero-order valence-corrected chi connectivity index (χ0v) is 25.7. The molecule has 9 aromatic rings. The molecule has 0 fully saturated rings. The van der Waals surface area contributed by atoms with Gasteiger partial charge in [0.05, 0.1) is 27.9 Å². The molecule has 0 bridgehead atoms. The zero-order chi connectivity index (χ0) is 29.9. The summed E-state index contributed by atoms with van der Waals surface area (Å²) in [6, 6.07) is 53.0. The van der Waals surface area contributed by atoms with Gasteiger partial charge in [-0.25, -0.2) is 9.97 Å². The number of nitrogens with zero attached hydrogens (tertiary/aromatic N) is 4. The fraction of sp³-hybridized carbons (Fsp3) is 0. The molecule has 0 aliphatic rings.